The number of carbonyl (C=O) groups excluding carboxylic acids is 1. The lowest BCUT2D eigenvalue weighted by molar-refractivity contribution is -0.118. The van der Waals surface area contributed by atoms with E-state index in [4.69, 9.17) is 17.3 Å². The van der Waals surface area contributed by atoms with E-state index >= 15 is 0 Å². The summed E-state index contributed by atoms with van der Waals surface area (Å²) in [6, 6.07) is 3.59. The molecule has 0 radical (unpaired) electrons. The Balaban J connectivity index is 3.22. The molecule has 0 spiro atoms. The average molecular weight is 281 g/mol. The van der Waals surface area contributed by atoms with Crippen molar-refractivity contribution in [2.75, 3.05) is 13.6 Å². The van der Waals surface area contributed by atoms with Gasteiger partial charge in [0.25, 0.3) is 0 Å². The molecule has 1 amide bonds. The first-order valence-electron chi connectivity index (χ1n) is 4.45. The molecule has 0 saturated heterocycles. The number of primary amides is 1. The number of amides is 1. The highest BCUT2D eigenvalue weighted by Crippen LogP contribution is 2.23. The van der Waals surface area contributed by atoms with E-state index in [1.807, 2.05) is 0 Å². The monoisotopic (exact) mass is 280 g/mol. The van der Waals surface area contributed by atoms with Gasteiger partial charge in [-0.25, -0.2) is 12.8 Å². The van der Waals surface area contributed by atoms with Crippen LogP contribution in [0.1, 0.15) is 0 Å². The van der Waals surface area contributed by atoms with E-state index in [1.165, 1.54) is 12.1 Å². The molecule has 0 unspecified atom stereocenters. The highest BCUT2D eigenvalue weighted by atomic mass is 35.5. The lowest BCUT2D eigenvalue weighted by atomic mass is 10.3. The number of rotatable bonds is 4. The molecule has 0 atom stereocenters. The maximum absolute atomic E-state index is 13.5. The van der Waals surface area contributed by atoms with Crippen LogP contribution in [0.4, 0.5) is 4.39 Å². The second-order valence-corrected chi connectivity index (χ2v) is 5.70. The quantitative estimate of drug-likeness (QED) is 0.876. The minimum Gasteiger partial charge on any atom is -0.369 e. The zero-order chi connectivity index (χ0) is 13.2. The van der Waals surface area contributed by atoms with Gasteiger partial charge in [-0.15, -0.1) is 0 Å². The van der Waals surface area contributed by atoms with E-state index in [9.17, 15) is 17.6 Å². The summed E-state index contributed by atoms with van der Waals surface area (Å²) in [5.74, 6) is -1.89. The summed E-state index contributed by atoms with van der Waals surface area (Å²) < 4.78 is 37.9. The molecule has 0 fully saturated rings. The lowest BCUT2D eigenvalue weighted by Gasteiger charge is -2.15. The number of sulfonamides is 1. The second-order valence-electron chi connectivity index (χ2n) is 3.28. The van der Waals surface area contributed by atoms with E-state index < -0.39 is 33.2 Å². The molecule has 0 saturated carbocycles. The van der Waals surface area contributed by atoms with Crippen LogP contribution in [-0.4, -0.2) is 32.2 Å². The summed E-state index contributed by atoms with van der Waals surface area (Å²) in [4.78, 5) is 10.0. The molecule has 94 valence electrons. The van der Waals surface area contributed by atoms with E-state index in [2.05, 4.69) is 0 Å². The van der Waals surface area contributed by atoms with Crippen LogP contribution >= 0.6 is 11.6 Å². The second kappa shape index (κ2) is 4.99. The van der Waals surface area contributed by atoms with Gasteiger partial charge in [-0.05, 0) is 12.1 Å². The van der Waals surface area contributed by atoms with Crippen molar-refractivity contribution in [3.63, 3.8) is 0 Å². The molecule has 17 heavy (non-hydrogen) atoms. The van der Waals surface area contributed by atoms with Gasteiger partial charge in [0.05, 0.1) is 11.6 Å². The number of likely N-dealkylation sites (N-methyl/N-ethyl adjacent to an activating group) is 1. The summed E-state index contributed by atoms with van der Waals surface area (Å²) in [7, 11) is -2.99. The minimum atomic E-state index is -4.11. The van der Waals surface area contributed by atoms with Gasteiger partial charge in [-0.1, -0.05) is 17.7 Å². The summed E-state index contributed by atoms with van der Waals surface area (Å²) in [5, 5.41) is -0.307. The molecular weight excluding hydrogens is 271 g/mol. The van der Waals surface area contributed by atoms with E-state index in [1.54, 1.807) is 0 Å². The van der Waals surface area contributed by atoms with Crippen molar-refractivity contribution in [2.45, 2.75) is 4.90 Å². The van der Waals surface area contributed by atoms with Gasteiger partial charge in [-0.2, -0.15) is 4.31 Å². The van der Waals surface area contributed by atoms with Crippen molar-refractivity contribution < 1.29 is 17.6 Å². The van der Waals surface area contributed by atoms with Crippen LogP contribution in [0.25, 0.3) is 0 Å². The molecule has 5 nitrogen and oxygen atoms in total. The Bertz CT molecular complexity index is 547. The molecule has 1 aromatic rings. The van der Waals surface area contributed by atoms with E-state index in [0.717, 1.165) is 13.1 Å². The Labute approximate surface area is 103 Å². The average Bonchev–Trinajstić information content (AvgIpc) is 2.20. The van der Waals surface area contributed by atoms with Gasteiger partial charge < -0.3 is 5.73 Å². The van der Waals surface area contributed by atoms with Gasteiger partial charge in [0.15, 0.2) is 5.82 Å². The van der Waals surface area contributed by atoms with Gasteiger partial charge in [0.2, 0.25) is 15.9 Å². The first-order valence-corrected chi connectivity index (χ1v) is 6.27. The topological polar surface area (TPSA) is 80.5 Å². The Morgan fingerprint density at radius 1 is 1.53 bits per heavy atom. The van der Waals surface area contributed by atoms with Crippen molar-refractivity contribution in [2.24, 2.45) is 5.73 Å². The van der Waals surface area contributed by atoms with Gasteiger partial charge in [-0.3, -0.25) is 4.79 Å². The zero-order valence-corrected chi connectivity index (χ0v) is 10.4. The highest BCUT2D eigenvalue weighted by molar-refractivity contribution is 7.89. The molecule has 0 aromatic heterocycles. The van der Waals surface area contributed by atoms with Crippen LogP contribution in [0.3, 0.4) is 0 Å². The Morgan fingerprint density at radius 2 is 2.12 bits per heavy atom. The van der Waals surface area contributed by atoms with Gasteiger partial charge in [0, 0.05) is 7.05 Å². The number of benzene rings is 1. The first kappa shape index (κ1) is 13.9. The number of nitrogens with zero attached hydrogens (tertiary/aromatic N) is 1. The SMILES string of the molecule is CN(CC(N)=O)S(=O)(=O)c1cccc(Cl)c1F. The highest BCUT2D eigenvalue weighted by Gasteiger charge is 2.26. The maximum atomic E-state index is 13.5. The van der Waals surface area contributed by atoms with Gasteiger partial charge in [0.1, 0.15) is 4.90 Å². The van der Waals surface area contributed by atoms with Crippen molar-refractivity contribution >= 4 is 27.5 Å². The summed E-state index contributed by atoms with van der Waals surface area (Å²) in [6.45, 7) is -0.533. The molecule has 8 heteroatoms. The third-order valence-electron chi connectivity index (χ3n) is 1.98. The fourth-order valence-electron chi connectivity index (χ4n) is 1.16. The molecule has 1 aromatic carbocycles. The van der Waals surface area contributed by atoms with Crippen molar-refractivity contribution in [1.82, 2.24) is 4.31 Å². The van der Waals surface area contributed by atoms with Crippen LogP contribution in [0, 0.1) is 5.82 Å². The van der Waals surface area contributed by atoms with Crippen molar-refractivity contribution in [3.05, 3.63) is 29.0 Å². The third kappa shape index (κ3) is 2.93. The third-order valence-corrected chi connectivity index (χ3v) is 4.10. The number of carbonyl (C=O) groups is 1. The summed E-state index contributed by atoms with van der Waals surface area (Å²) in [6.07, 6.45) is 0. The van der Waals surface area contributed by atoms with Gasteiger partial charge >= 0.3 is 0 Å². The zero-order valence-electron chi connectivity index (χ0n) is 8.85. The molecule has 0 aliphatic heterocycles. The fourth-order valence-corrected chi connectivity index (χ4v) is 2.61. The predicted molar refractivity (Wildman–Crippen MR) is 60.4 cm³/mol. The molecular formula is C9H10ClFN2O3S. The summed E-state index contributed by atoms with van der Waals surface area (Å²) in [5.41, 5.74) is 4.87. The van der Waals surface area contributed by atoms with Crippen molar-refractivity contribution in [3.8, 4) is 0 Å². The number of halogens is 2. The molecule has 0 heterocycles. The lowest BCUT2D eigenvalue weighted by Crippen LogP contribution is -2.35. The molecule has 2 N–H and O–H groups in total. The Kier molecular flexibility index (Phi) is 4.07. The van der Waals surface area contributed by atoms with Crippen LogP contribution in [0.2, 0.25) is 5.02 Å². The maximum Gasteiger partial charge on any atom is 0.246 e. The van der Waals surface area contributed by atoms with E-state index in [0.29, 0.717) is 4.31 Å². The Morgan fingerprint density at radius 3 is 2.65 bits per heavy atom. The predicted octanol–water partition coefficient (Wildman–Crippen LogP) is 0.585. The molecule has 0 aliphatic rings. The fraction of sp³-hybridized carbons (Fsp3) is 0.222. The van der Waals surface area contributed by atoms with Crippen molar-refractivity contribution in [1.29, 1.82) is 0 Å². The van der Waals surface area contributed by atoms with Crippen LogP contribution in [0.5, 0.6) is 0 Å². The first-order chi connectivity index (χ1) is 7.76. The largest absolute Gasteiger partial charge is 0.369 e. The number of hydrogen-bond acceptors (Lipinski definition) is 3. The van der Waals surface area contributed by atoms with E-state index in [-0.39, 0.29) is 5.02 Å². The molecule has 1 rings (SSSR count). The minimum absolute atomic E-state index is 0.307. The number of hydrogen-bond donors (Lipinski definition) is 1. The molecule has 0 bridgehead atoms. The Hall–Kier alpha value is -1.18. The number of nitrogens with two attached hydrogens (primary N) is 1. The summed E-state index contributed by atoms with van der Waals surface area (Å²) >= 11 is 5.48. The van der Waals surface area contributed by atoms with Crippen LogP contribution in [-0.2, 0) is 14.8 Å². The molecule has 0 aliphatic carbocycles. The van der Waals surface area contributed by atoms with Crippen LogP contribution < -0.4 is 5.73 Å². The van der Waals surface area contributed by atoms with Crippen LogP contribution in [0.15, 0.2) is 23.1 Å². The normalized spacial score (nSPS) is 11.8. The standard InChI is InChI=1S/C9H10ClFN2O3S/c1-13(5-8(12)14)17(15,16)7-4-2-3-6(10)9(7)11/h2-4H,5H2,1H3,(H2,12,14). The smallest absolute Gasteiger partial charge is 0.246 e.